The van der Waals surface area contributed by atoms with Gasteiger partial charge in [-0.2, -0.15) is 0 Å². The highest BCUT2D eigenvalue weighted by Crippen LogP contribution is 2.23. The van der Waals surface area contributed by atoms with Crippen molar-refractivity contribution < 1.29 is 13.2 Å². The molecule has 1 heterocycles. The van der Waals surface area contributed by atoms with Crippen LogP contribution in [0.2, 0.25) is 0 Å². The summed E-state index contributed by atoms with van der Waals surface area (Å²) in [4.78, 5) is 15.2. The standard InChI is InChI=1S/C24H25N3O3S/c28-24(25-20-12-14-22(15-13-20)27-16-5-2-6-17-27)19-8-7-9-21(18-19)26-31(29,30)23-10-3-1-4-11-23/h1,3-4,7-15,18,26H,2,5-6,16-17H2,(H,25,28). The normalized spacial score (nSPS) is 14.1. The molecule has 4 rings (SSSR count). The number of amides is 1. The Hall–Kier alpha value is -3.32. The van der Waals surface area contributed by atoms with Crippen LogP contribution in [0.3, 0.4) is 0 Å². The molecule has 3 aromatic carbocycles. The molecule has 0 saturated carbocycles. The van der Waals surface area contributed by atoms with Crippen molar-refractivity contribution in [2.24, 2.45) is 0 Å². The summed E-state index contributed by atoms with van der Waals surface area (Å²) in [5.41, 5.74) is 2.56. The van der Waals surface area contributed by atoms with Gasteiger partial charge in [-0.15, -0.1) is 0 Å². The quantitative estimate of drug-likeness (QED) is 0.587. The summed E-state index contributed by atoms with van der Waals surface area (Å²) in [5, 5.41) is 2.88. The molecule has 1 aliphatic rings. The number of piperidine rings is 1. The highest BCUT2D eigenvalue weighted by atomic mass is 32.2. The van der Waals surface area contributed by atoms with Gasteiger partial charge in [0.2, 0.25) is 0 Å². The van der Waals surface area contributed by atoms with E-state index < -0.39 is 10.0 Å². The van der Waals surface area contributed by atoms with Crippen LogP contribution in [0.1, 0.15) is 29.6 Å². The fraction of sp³-hybridized carbons (Fsp3) is 0.208. The zero-order valence-corrected chi connectivity index (χ0v) is 17.9. The van der Waals surface area contributed by atoms with Gasteiger partial charge >= 0.3 is 0 Å². The summed E-state index contributed by atoms with van der Waals surface area (Å²) in [7, 11) is -3.72. The number of nitrogens with zero attached hydrogens (tertiary/aromatic N) is 1. The topological polar surface area (TPSA) is 78.5 Å². The smallest absolute Gasteiger partial charge is 0.261 e. The second kappa shape index (κ2) is 9.22. The van der Waals surface area contributed by atoms with Gasteiger partial charge in [-0.1, -0.05) is 24.3 Å². The van der Waals surface area contributed by atoms with Gasteiger partial charge in [0.1, 0.15) is 0 Å². The molecule has 0 atom stereocenters. The van der Waals surface area contributed by atoms with E-state index in [0.717, 1.165) is 18.8 Å². The van der Waals surface area contributed by atoms with Crippen molar-refractivity contribution in [3.8, 4) is 0 Å². The lowest BCUT2D eigenvalue weighted by Crippen LogP contribution is -2.29. The van der Waals surface area contributed by atoms with Crippen molar-refractivity contribution in [1.29, 1.82) is 0 Å². The second-order valence-electron chi connectivity index (χ2n) is 7.55. The highest BCUT2D eigenvalue weighted by Gasteiger charge is 2.15. The van der Waals surface area contributed by atoms with Crippen molar-refractivity contribution in [3.63, 3.8) is 0 Å². The van der Waals surface area contributed by atoms with E-state index in [9.17, 15) is 13.2 Å². The molecule has 1 aliphatic heterocycles. The number of carbonyl (C=O) groups excluding carboxylic acids is 1. The van der Waals surface area contributed by atoms with E-state index in [1.807, 2.05) is 24.3 Å². The molecule has 0 aromatic heterocycles. The zero-order chi connectivity index (χ0) is 21.7. The molecule has 1 fully saturated rings. The number of rotatable bonds is 6. The van der Waals surface area contributed by atoms with Crippen molar-refractivity contribution in [1.82, 2.24) is 0 Å². The Kier molecular flexibility index (Phi) is 6.23. The van der Waals surface area contributed by atoms with Crippen LogP contribution in [0.5, 0.6) is 0 Å². The molecule has 0 radical (unpaired) electrons. The van der Waals surface area contributed by atoms with Crippen LogP contribution in [0, 0.1) is 0 Å². The Balaban J connectivity index is 1.43. The van der Waals surface area contributed by atoms with Gasteiger partial charge in [-0.05, 0) is 73.9 Å². The molecule has 31 heavy (non-hydrogen) atoms. The molecule has 7 heteroatoms. The third-order valence-electron chi connectivity index (χ3n) is 5.28. The van der Waals surface area contributed by atoms with Crippen LogP contribution in [0.4, 0.5) is 17.1 Å². The maximum atomic E-state index is 12.7. The Morgan fingerprint density at radius 2 is 1.48 bits per heavy atom. The Bertz CT molecular complexity index is 1140. The van der Waals surface area contributed by atoms with Crippen molar-refractivity contribution in [2.75, 3.05) is 28.0 Å². The number of hydrogen-bond acceptors (Lipinski definition) is 4. The fourth-order valence-corrected chi connectivity index (χ4v) is 4.72. The monoisotopic (exact) mass is 435 g/mol. The lowest BCUT2D eigenvalue weighted by atomic mass is 10.1. The number of carbonyl (C=O) groups is 1. The first-order valence-electron chi connectivity index (χ1n) is 10.4. The Labute approximate surface area is 183 Å². The van der Waals surface area contributed by atoms with Crippen LogP contribution in [-0.4, -0.2) is 27.4 Å². The third-order valence-corrected chi connectivity index (χ3v) is 6.67. The van der Waals surface area contributed by atoms with E-state index in [1.54, 1.807) is 36.4 Å². The number of benzene rings is 3. The molecule has 1 saturated heterocycles. The molecule has 3 aromatic rings. The molecular weight excluding hydrogens is 410 g/mol. The van der Waals surface area contributed by atoms with Gasteiger partial charge in [0.25, 0.3) is 15.9 Å². The number of hydrogen-bond donors (Lipinski definition) is 2. The summed E-state index contributed by atoms with van der Waals surface area (Å²) in [6.07, 6.45) is 3.71. The Morgan fingerprint density at radius 1 is 0.774 bits per heavy atom. The summed E-state index contributed by atoms with van der Waals surface area (Å²) < 4.78 is 27.6. The van der Waals surface area contributed by atoms with Crippen LogP contribution >= 0.6 is 0 Å². The minimum atomic E-state index is -3.72. The lowest BCUT2D eigenvalue weighted by molar-refractivity contribution is 0.102. The summed E-state index contributed by atoms with van der Waals surface area (Å²) in [6, 6.07) is 22.4. The van der Waals surface area contributed by atoms with Gasteiger partial charge in [-0.3, -0.25) is 9.52 Å². The second-order valence-corrected chi connectivity index (χ2v) is 9.23. The van der Waals surface area contributed by atoms with Crippen LogP contribution in [-0.2, 0) is 10.0 Å². The molecule has 160 valence electrons. The van der Waals surface area contributed by atoms with Gasteiger partial charge in [-0.25, -0.2) is 8.42 Å². The maximum Gasteiger partial charge on any atom is 0.261 e. The van der Waals surface area contributed by atoms with Crippen molar-refractivity contribution >= 4 is 33.0 Å². The highest BCUT2D eigenvalue weighted by molar-refractivity contribution is 7.92. The molecule has 6 nitrogen and oxygen atoms in total. The van der Waals surface area contributed by atoms with E-state index in [2.05, 4.69) is 14.9 Å². The number of sulfonamides is 1. The third kappa shape index (κ3) is 5.24. The Morgan fingerprint density at radius 3 is 2.19 bits per heavy atom. The predicted molar refractivity (Wildman–Crippen MR) is 124 cm³/mol. The number of nitrogens with one attached hydrogen (secondary N) is 2. The molecule has 0 aliphatic carbocycles. The van der Waals surface area contributed by atoms with E-state index in [1.165, 1.54) is 37.5 Å². The van der Waals surface area contributed by atoms with Gasteiger partial charge in [0.05, 0.1) is 4.90 Å². The minimum Gasteiger partial charge on any atom is -0.372 e. The van der Waals surface area contributed by atoms with Gasteiger partial charge < -0.3 is 10.2 Å². The molecule has 0 unspecified atom stereocenters. The molecular formula is C24H25N3O3S. The van der Waals surface area contributed by atoms with Crippen LogP contribution in [0.15, 0.2) is 83.8 Å². The maximum absolute atomic E-state index is 12.7. The lowest BCUT2D eigenvalue weighted by Gasteiger charge is -2.28. The van der Waals surface area contributed by atoms with Gasteiger partial charge in [0, 0.05) is 35.7 Å². The number of anilines is 3. The van der Waals surface area contributed by atoms with E-state index >= 15 is 0 Å². The first kappa shape index (κ1) is 20.9. The summed E-state index contributed by atoms with van der Waals surface area (Å²) >= 11 is 0. The average molecular weight is 436 g/mol. The summed E-state index contributed by atoms with van der Waals surface area (Å²) in [5.74, 6) is -0.300. The van der Waals surface area contributed by atoms with Gasteiger partial charge in [0.15, 0.2) is 0 Å². The predicted octanol–water partition coefficient (Wildman–Crippen LogP) is 4.73. The van der Waals surface area contributed by atoms with Crippen LogP contribution in [0.25, 0.3) is 0 Å². The van der Waals surface area contributed by atoms with Crippen LogP contribution < -0.4 is 14.9 Å². The molecule has 2 N–H and O–H groups in total. The van der Waals surface area contributed by atoms with E-state index in [4.69, 9.17) is 0 Å². The molecule has 1 amide bonds. The van der Waals surface area contributed by atoms with E-state index in [-0.39, 0.29) is 10.8 Å². The summed E-state index contributed by atoms with van der Waals surface area (Å²) in [6.45, 7) is 2.13. The molecule has 0 spiro atoms. The average Bonchev–Trinajstić information content (AvgIpc) is 2.81. The SMILES string of the molecule is O=C(Nc1ccc(N2CCCCC2)cc1)c1cccc(NS(=O)(=O)c2ccccc2)c1. The minimum absolute atomic E-state index is 0.165. The zero-order valence-electron chi connectivity index (χ0n) is 17.1. The van der Waals surface area contributed by atoms with Crippen molar-refractivity contribution in [2.45, 2.75) is 24.2 Å². The van der Waals surface area contributed by atoms with E-state index in [0.29, 0.717) is 16.9 Å². The first-order chi connectivity index (χ1) is 15.0. The van der Waals surface area contributed by atoms with Crippen molar-refractivity contribution in [3.05, 3.63) is 84.4 Å². The molecule has 0 bridgehead atoms. The first-order valence-corrected chi connectivity index (χ1v) is 11.8. The largest absolute Gasteiger partial charge is 0.372 e. The fourth-order valence-electron chi connectivity index (χ4n) is 3.65.